The third kappa shape index (κ3) is 10.2. The Morgan fingerprint density at radius 3 is 2.26 bits per heavy atom. The van der Waals surface area contributed by atoms with Gasteiger partial charge in [-0.25, -0.2) is 29.1 Å². The van der Waals surface area contributed by atoms with Gasteiger partial charge in [0, 0.05) is 12.3 Å². The summed E-state index contributed by atoms with van der Waals surface area (Å²) in [7, 11) is 0. The number of anilines is 2. The van der Waals surface area contributed by atoms with E-state index in [-0.39, 0.29) is 29.4 Å². The predicted molar refractivity (Wildman–Crippen MR) is 213 cm³/mol. The fourth-order valence-corrected chi connectivity index (χ4v) is 9.57. The van der Waals surface area contributed by atoms with E-state index in [4.69, 9.17) is 39.2 Å². The van der Waals surface area contributed by atoms with Gasteiger partial charge in [0.2, 0.25) is 5.95 Å². The lowest BCUT2D eigenvalue weighted by Gasteiger charge is -2.27. The van der Waals surface area contributed by atoms with E-state index in [0.717, 1.165) is 38.5 Å². The molecule has 0 saturated carbocycles. The quantitative estimate of drug-likeness (QED) is 0.0317. The maximum Gasteiger partial charge on any atom is 0.386 e. The number of imidazole rings is 2. The molecule has 57 heavy (non-hydrogen) atoms. The number of rotatable bonds is 19. The second-order valence-electron chi connectivity index (χ2n) is 14.0. The SMILES string of the molecule is CCCCCCCCCC(=O)O[C@H]1[C@@H](O[P@@](=O)(O)S)[C@H](n2cnc3c(=O)[nH]c(N)nc32)O[C@@H]1COP(=O)(S)O[C@H]1[C@@H](C)[C@H](n2cnc3c(N)ncnc32)O[C@@H]1CC. The number of carbonyl (C=O) groups is 1. The number of nitrogens with zero attached hydrogens (tertiary/aromatic N) is 7. The summed E-state index contributed by atoms with van der Waals surface area (Å²) in [6.07, 6.45) is 3.58. The van der Waals surface area contributed by atoms with E-state index >= 15 is 0 Å². The highest BCUT2D eigenvalue weighted by molar-refractivity contribution is 8.44. The van der Waals surface area contributed by atoms with E-state index < -0.39 is 80.6 Å². The second-order valence-corrected chi connectivity index (χ2v) is 19.6. The van der Waals surface area contributed by atoms with Crippen molar-refractivity contribution in [3.8, 4) is 0 Å². The monoisotopic (exact) mass is 874 g/mol. The van der Waals surface area contributed by atoms with Gasteiger partial charge in [0.1, 0.15) is 30.3 Å². The van der Waals surface area contributed by atoms with E-state index in [9.17, 15) is 23.6 Å². The molecule has 10 atom stereocenters. The number of hydrogen-bond donors (Lipinski definition) is 6. The molecule has 2 fully saturated rings. The Hall–Kier alpha value is -3.11. The molecule has 2 saturated heterocycles. The van der Waals surface area contributed by atoms with Crippen LogP contribution in [0.15, 0.2) is 23.8 Å². The van der Waals surface area contributed by atoms with Crippen LogP contribution in [-0.2, 0) is 41.7 Å². The highest BCUT2D eigenvalue weighted by Crippen LogP contribution is 2.58. The first-order chi connectivity index (χ1) is 27.1. The van der Waals surface area contributed by atoms with Crippen molar-refractivity contribution in [3.05, 3.63) is 29.3 Å². The molecule has 314 valence electrons. The molecular formula is C32H48N10O11P2S2. The third-order valence-electron chi connectivity index (χ3n) is 9.89. The molecule has 4 aromatic rings. The number of esters is 1. The van der Waals surface area contributed by atoms with Crippen LogP contribution in [0.5, 0.6) is 0 Å². The summed E-state index contributed by atoms with van der Waals surface area (Å²) in [4.78, 5) is 59.4. The Morgan fingerprint density at radius 2 is 1.56 bits per heavy atom. The molecule has 6 rings (SSSR count). The molecule has 4 aromatic heterocycles. The average Bonchev–Trinajstić information content (AvgIpc) is 3.91. The van der Waals surface area contributed by atoms with Crippen LogP contribution in [0.3, 0.4) is 0 Å². The van der Waals surface area contributed by atoms with Crippen molar-refractivity contribution in [2.75, 3.05) is 18.1 Å². The Balaban J connectivity index is 1.22. The van der Waals surface area contributed by atoms with Crippen LogP contribution in [0, 0.1) is 5.92 Å². The topological polar surface area (TPSA) is 286 Å². The number of nitrogen functional groups attached to an aromatic ring is 2. The molecule has 21 nitrogen and oxygen atoms in total. The van der Waals surface area contributed by atoms with Crippen LogP contribution in [-0.4, -0.2) is 87.0 Å². The van der Waals surface area contributed by atoms with Crippen LogP contribution in [0.25, 0.3) is 22.3 Å². The van der Waals surface area contributed by atoms with Crippen LogP contribution in [0.2, 0.25) is 0 Å². The number of nitrogens with one attached hydrogen (secondary N) is 1. The van der Waals surface area contributed by atoms with Crippen molar-refractivity contribution in [1.29, 1.82) is 0 Å². The lowest BCUT2D eigenvalue weighted by Crippen LogP contribution is -2.39. The molecule has 6 N–H and O–H groups in total. The summed E-state index contributed by atoms with van der Waals surface area (Å²) in [6.45, 7) is -3.58. The van der Waals surface area contributed by atoms with Crippen molar-refractivity contribution in [2.45, 2.75) is 122 Å². The Labute approximate surface area is 337 Å². The molecule has 1 unspecified atom stereocenters. The first-order valence-electron chi connectivity index (χ1n) is 18.7. The lowest BCUT2D eigenvalue weighted by atomic mass is 10.0. The number of fused-ring (bicyclic) bond motifs is 2. The minimum Gasteiger partial charge on any atom is -0.456 e. The molecule has 2 aliphatic heterocycles. The summed E-state index contributed by atoms with van der Waals surface area (Å²) in [5.41, 5.74) is 11.8. The van der Waals surface area contributed by atoms with Gasteiger partial charge in [-0.1, -0.05) is 83.8 Å². The highest BCUT2D eigenvalue weighted by Gasteiger charge is 2.53. The van der Waals surface area contributed by atoms with Gasteiger partial charge in [-0.3, -0.25) is 37.3 Å². The van der Waals surface area contributed by atoms with Crippen LogP contribution < -0.4 is 17.0 Å². The number of H-pyrrole nitrogens is 1. The number of hydrogen-bond acceptors (Lipinski definition) is 17. The van der Waals surface area contributed by atoms with Crippen LogP contribution in [0.1, 0.15) is 91.0 Å². The number of unbranched alkanes of at least 4 members (excludes halogenated alkanes) is 6. The van der Waals surface area contributed by atoms with Gasteiger partial charge >= 0.3 is 19.6 Å². The van der Waals surface area contributed by atoms with E-state index in [0.29, 0.717) is 24.0 Å². The number of carbonyl (C=O) groups excluding carboxylic acids is 1. The largest absolute Gasteiger partial charge is 0.456 e. The van der Waals surface area contributed by atoms with E-state index in [1.807, 2.05) is 13.8 Å². The minimum absolute atomic E-state index is 0.0342. The van der Waals surface area contributed by atoms with Crippen LogP contribution >= 0.6 is 38.1 Å². The number of aromatic nitrogens is 8. The van der Waals surface area contributed by atoms with Crippen molar-refractivity contribution in [3.63, 3.8) is 0 Å². The number of thiol groups is 2. The molecular weight excluding hydrogens is 826 g/mol. The minimum atomic E-state index is -4.61. The molecule has 2 aliphatic rings. The highest BCUT2D eigenvalue weighted by atomic mass is 32.7. The zero-order chi connectivity index (χ0) is 41.1. The summed E-state index contributed by atoms with van der Waals surface area (Å²) in [5.74, 6) is -1.11. The third-order valence-corrected chi connectivity index (χ3v) is 12.3. The Kier molecular flexibility index (Phi) is 14.1. The van der Waals surface area contributed by atoms with Gasteiger partial charge in [-0.15, -0.1) is 0 Å². The normalized spacial score (nSPS) is 27.2. The molecule has 0 spiro atoms. The van der Waals surface area contributed by atoms with Crippen molar-refractivity contribution in [1.82, 2.24) is 39.0 Å². The lowest BCUT2D eigenvalue weighted by molar-refractivity contribution is -0.156. The first kappa shape index (κ1) is 43.5. The summed E-state index contributed by atoms with van der Waals surface area (Å²) >= 11 is 8.01. The fourth-order valence-electron chi connectivity index (χ4n) is 7.15. The molecule has 0 aromatic carbocycles. The molecule has 0 radical (unpaired) electrons. The second kappa shape index (κ2) is 18.4. The van der Waals surface area contributed by atoms with E-state index in [2.05, 4.69) is 61.3 Å². The van der Waals surface area contributed by atoms with Gasteiger partial charge in [-0.2, -0.15) is 4.98 Å². The van der Waals surface area contributed by atoms with Gasteiger partial charge in [-0.05, 0) is 12.8 Å². The van der Waals surface area contributed by atoms with Gasteiger partial charge in [0.15, 0.2) is 41.1 Å². The fraction of sp³-hybridized carbons (Fsp3) is 0.656. The van der Waals surface area contributed by atoms with Crippen molar-refractivity contribution in [2.24, 2.45) is 5.92 Å². The molecule has 25 heteroatoms. The summed E-state index contributed by atoms with van der Waals surface area (Å²) < 4.78 is 65.4. The van der Waals surface area contributed by atoms with Gasteiger partial charge < -0.3 is 30.6 Å². The number of nitrogens with two attached hydrogens (primary N) is 2. The van der Waals surface area contributed by atoms with Crippen molar-refractivity contribution < 1.29 is 46.6 Å². The van der Waals surface area contributed by atoms with Gasteiger partial charge in [0.05, 0.1) is 25.4 Å². The van der Waals surface area contributed by atoms with Crippen LogP contribution in [0.4, 0.5) is 11.8 Å². The zero-order valence-corrected chi connectivity index (χ0v) is 35.1. The molecule has 0 bridgehead atoms. The predicted octanol–water partition coefficient (Wildman–Crippen LogP) is 4.87. The van der Waals surface area contributed by atoms with E-state index in [1.54, 1.807) is 4.57 Å². The summed E-state index contributed by atoms with van der Waals surface area (Å²) in [6, 6.07) is 0. The maximum atomic E-state index is 14.0. The summed E-state index contributed by atoms with van der Waals surface area (Å²) in [5, 5.41) is 0. The van der Waals surface area contributed by atoms with Crippen molar-refractivity contribution >= 4 is 78.2 Å². The standard InChI is InChI=1S/C32H48N10O11P2S2/c1-4-6-7-8-9-10-11-12-20(43)51-24-19(50-31(25(24)52-54(45,46)56)42-16-38-22-28(42)39-32(34)40-29(22)44)13-48-55(47,57)53-23-17(3)30(49-18(23)5-2)41-15-37-21-26(33)35-14-36-27(21)41/h14-19,23-25,30-31H,4-13H2,1-3H3,(H,47,57)(H2,33,35,36)(H2,45,46,56)(H3,34,39,40,44)/t17-,18-,19-,23+,24-,25-,30-,31-,55?/m1/s1. The van der Waals surface area contributed by atoms with E-state index in [1.165, 1.54) is 23.5 Å². The smallest absolute Gasteiger partial charge is 0.386 e. The Bertz CT molecular complexity index is 2190. The molecule has 0 aliphatic carbocycles. The van der Waals surface area contributed by atoms with Gasteiger partial charge in [0.25, 0.3) is 5.56 Å². The molecule has 6 heterocycles. The maximum absolute atomic E-state index is 14.0. The first-order valence-corrected chi connectivity index (χ1v) is 24.1. The number of aromatic amines is 1. The Morgan fingerprint density at radius 1 is 0.895 bits per heavy atom. The zero-order valence-electron chi connectivity index (χ0n) is 31.5. The average molecular weight is 875 g/mol. The number of ether oxygens (including phenoxy) is 3. The molecule has 0 amide bonds.